The molecule has 1 atom stereocenters. The Morgan fingerprint density at radius 2 is 2.12 bits per heavy atom. The molecule has 1 saturated heterocycles. The van der Waals surface area contributed by atoms with Gasteiger partial charge in [0.25, 0.3) is 0 Å². The van der Waals surface area contributed by atoms with Crippen molar-refractivity contribution in [3.63, 3.8) is 0 Å². The monoisotopic (exact) mass is 242 g/mol. The van der Waals surface area contributed by atoms with E-state index in [2.05, 4.69) is 5.32 Å². The minimum atomic E-state index is -0.786. The van der Waals surface area contributed by atoms with E-state index in [0.717, 1.165) is 12.8 Å². The molecular weight excluding hydrogens is 220 g/mol. The third-order valence-corrected chi connectivity index (χ3v) is 3.37. The quantitative estimate of drug-likeness (QED) is 0.788. The molecule has 5 heteroatoms. The number of aliphatic carboxylic acids is 1. The average molecular weight is 242 g/mol. The lowest BCUT2D eigenvalue weighted by Gasteiger charge is -2.28. The summed E-state index contributed by atoms with van der Waals surface area (Å²) in [6.45, 7) is 7.20. The number of nitrogens with zero attached hydrogens (tertiary/aromatic N) is 1. The van der Waals surface area contributed by atoms with Crippen molar-refractivity contribution in [3.05, 3.63) is 0 Å². The topological polar surface area (TPSA) is 69.6 Å². The number of urea groups is 1. The first-order valence-corrected chi connectivity index (χ1v) is 6.13. The number of hydrogen-bond acceptors (Lipinski definition) is 2. The molecule has 2 amide bonds. The normalized spacial score (nSPS) is 20.4. The van der Waals surface area contributed by atoms with Crippen LogP contribution in [0.3, 0.4) is 0 Å². The lowest BCUT2D eigenvalue weighted by Crippen LogP contribution is -2.49. The number of amides is 2. The maximum Gasteiger partial charge on any atom is 0.317 e. The van der Waals surface area contributed by atoms with Crippen molar-refractivity contribution in [2.24, 2.45) is 5.92 Å². The SMILES string of the molecule is CCC(C)(C)NC(=O)N1CCC(CC(=O)O)C1. The Morgan fingerprint density at radius 1 is 1.47 bits per heavy atom. The smallest absolute Gasteiger partial charge is 0.317 e. The van der Waals surface area contributed by atoms with Crippen LogP contribution < -0.4 is 5.32 Å². The van der Waals surface area contributed by atoms with Gasteiger partial charge in [-0.15, -0.1) is 0 Å². The molecule has 0 aromatic rings. The number of hydrogen-bond donors (Lipinski definition) is 2. The summed E-state index contributed by atoms with van der Waals surface area (Å²) in [7, 11) is 0. The molecule has 1 unspecified atom stereocenters. The van der Waals surface area contributed by atoms with Crippen LogP contribution >= 0.6 is 0 Å². The zero-order valence-electron chi connectivity index (χ0n) is 10.8. The van der Waals surface area contributed by atoms with Crippen LogP contribution in [0.2, 0.25) is 0 Å². The van der Waals surface area contributed by atoms with E-state index in [1.807, 2.05) is 20.8 Å². The molecule has 1 fully saturated rings. The van der Waals surface area contributed by atoms with E-state index < -0.39 is 5.97 Å². The summed E-state index contributed by atoms with van der Waals surface area (Å²) in [5.74, 6) is -0.686. The van der Waals surface area contributed by atoms with Crippen molar-refractivity contribution < 1.29 is 14.7 Å². The van der Waals surface area contributed by atoms with Crippen LogP contribution in [0.25, 0.3) is 0 Å². The molecule has 0 saturated carbocycles. The van der Waals surface area contributed by atoms with Gasteiger partial charge in [-0.25, -0.2) is 4.79 Å². The average Bonchev–Trinajstić information content (AvgIpc) is 2.64. The van der Waals surface area contributed by atoms with E-state index in [9.17, 15) is 9.59 Å². The molecule has 0 bridgehead atoms. The highest BCUT2D eigenvalue weighted by molar-refractivity contribution is 5.75. The van der Waals surface area contributed by atoms with Crippen molar-refractivity contribution in [3.8, 4) is 0 Å². The molecule has 1 aliphatic rings. The Kier molecular flexibility index (Phi) is 4.37. The van der Waals surface area contributed by atoms with Gasteiger partial charge in [-0.3, -0.25) is 4.79 Å². The standard InChI is InChI=1S/C12H22N2O3/c1-4-12(2,3)13-11(17)14-6-5-9(8-14)7-10(15)16/h9H,4-8H2,1-3H3,(H,13,17)(H,15,16). The fourth-order valence-electron chi connectivity index (χ4n) is 1.89. The largest absolute Gasteiger partial charge is 0.481 e. The van der Waals surface area contributed by atoms with Crippen molar-refractivity contribution >= 4 is 12.0 Å². The van der Waals surface area contributed by atoms with Crippen molar-refractivity contribution in [2.45, 2.75) is 45.6 Å². The van der Waals surface area contributed by atoms with Crippen LogP contribution in [0.1, 0.15) is 40.0 Å². The van der Waals surface area contributed by atoms with Crippen LogP contribution in [0.15, 0.2) is 0 Å². The molecule has 0 spiro atoms. The Labute approximate surface area is 102 Å². The molecule has 0 aliphatic carbocycles. The number of carboxylic acid groups (broad SMARTS) is 1. The van der Waals surface area contributed by atoms with E-state index in [4.69, 9.17) is 5.11 Å². The Balaban J connectivity index is 2.43. The van der Waals surface area contributed by atoms with Crippen molar-refractivity contribution in [2.75, 3.05) is 13.1 Å². The lowest BCUT2D eigenvalue weighted by atomic mass is 10.0. The number of carbonyl (C=O) groups is 2. The summed E-state index contributed by atoms with van der Waals surface area (Å²) in [5.41, 5.74) is -0.206. The predicted octanol–water partition coefficient (Wildman–Crippen LogP) is 1.68. The molecule has 1 heterocycles. The minimum absolute atomic E-state index is 0.0789. The van der Waals surface area contributed by atoms with E-state index in [1.54, 1.807) is 4.90 Å². The van der Waals surface area contributed by atoms with Gasteiger partial charge in [0.2, 0.25) is 0 Å². The van der Waals surface area contributed by atoms with E-state index in [0.29, 0.717) is 13.1 Å². The Morgan fingerprint density at radius 3 is 2.65 bits per heavy atom. The third kappa shape index (κ3) is 4.24. The molecule has 1 rings (SSSR count). The maximum absolute atomic E-state index is 11.9. The van der Waals surface area contributed by atoms with Crippen LogP contribution in [0.5, 0.6) is 0 Å². The van der Waals surface area contributed by atoms with Gasteiger partial charge >= 0.3 is 12.0 Å². The molecule has 0 aromatic heterocycles. The summed E-state index contributed by atoms with van der Waals surface area (Å²) >= 11 is 0. The number of likely N-dealkylation sites (tertiary alicyclic amines) is 1. The maximum atomic E-state index is 11.9. The second-order valence-electron chi connectivity index (χ2n) is 5.37. The first-order valence-electron chi connectivity index (χ1n) is 6.13. The van der Waals surface area contributed by atoms with E-state index >= 15 is 0 Å². The highest BCUT2D eigenvalue weighted by Gasteiger charge is 2.29. The molecule has 1 aliphatic heterocycles. The Bertz CT molecular complexity index is 302. The molecule has 5 nitrogen and oxygen atoms in total. The molecule has 98 valence electrons. The van der Waals surface area contributed by atoms with Gasteiger partial charge in [-0.2, -0.15) is 0 Å². The number of carboxylic acids is 1. The highest BCUT2D eigenvalue weighted by atomic mass is 16.4. The van der Waals surface area contributed by atoms with Crippen LogP contribution in [-0.4, -0.2) is 40.6 Å². The first-order chi connectivity index (χ1) is 7.84. The number of rotatable bonds is 4. The third-order valence-electron chi connectivity index (χ3n) is 3.37. The highest BCUT2D eigenvalue weighted by Crippen LogP contribution is 2.20. The fourth-order valence-corrected chi connectivity index (χ4v) is 1.89. The van der Waals surface area contributed by atoms with Crippen LogP contribution in [0.4, 0.5) is 4.79 Å². The summed E-state index contributed by atoms with van der Waals surface area (Å²) in [6.07, 6.45) is 1.80. The van der Waals surface area contributed by atoms with E-state index in [-0.39, 0.29) is 23.9 Å². The van der Waals surface area contributed by atoms with Gasteiger partial charge in [0.05, 0.1) is 0 Å². The van der Waals surface area contributed by atoms with Crippen molar-refractivity contribution in [1.82, 2.24) is 10.2 Å². The number of nitrogens with one attached hydrogen (secondary N) is 1. The van der Waals surface area contributed by atoms with Gasteiger partial charge < -0.3 is 15.3 Å². The molecular formula is C12H22N2O3. The second-order valence-corrected chi connectivity index (χ2v) is 5.37. The van der Waals surface area contributed by atoms with Gasteiger partial charge in [0, 0.05) is 25.0 Å². The van der Waals surface area contributed by atoms with Crippen molar-refractivity contribution in [1.29, 1.82) is 0 Å². The summed E-state index contributed by atoms with van der Waals surface area (Å²) < 4.78 is 0. The fraction of sp³-hybridized carbons (Fsp3) is 0.833. The molecule has 2 N–H and O–H groups in total. The van der Waals surface area contributed by atoms with Crippen LogP contribution in [-0.2, 0) is 4.79 Å². The number of carbonyl (C=O) groups excluding carboxylic acids is 1. The zero-order valence-corrected chi connectivity index (χ0v) is 10.8. The van der Waals surface area contributed by atoms with Gasteiger partial charge in [0.1, 0.15) is 0 Å². The first kappa shape index (κ1) is 13.8. The predicted molar refractivity (Wildman–Crippen MR) is 64.8 cm³/mol. The summed E-state index contributed by atoms with van der Waals surface area (Å²) in [6, 6.07) is -0.0789. The molecule has 17 heavy (non-hydrogen) atoms. The van der Waals surface area contributed by atoms with Crippen LogP contribution in [0, 0.1) is 5.92 Å². The van der Waals surface area contributed by atoms with Gasteiger partial charge in [-0.05, 0) is 32.6 Å². The summed E-state index contributed by atoms with van der Waals surface area (Å²) in [4.78, 5) is 24.2. The second kappa shape index (κ2) is 5.38. The summed E-state index contributed by atoms with van der Waals surface area (Å²) in [5, 5.41) is 11.7. The molecule has 0 radical (unpaired) electrons. The molecule has 0 aromatic carbocycles. The zero-order chi connectivity index (χ0) is 13.1. The lowest BCUT2D eigenvalue weighted by molar-refractivity contribution is -0.138. The van der Waals surface area contributed by atoms with Gasteiger partial charge in [0.15, 0.2) is 0 Å². The van der Waals surface area contributed by atoms with E-state index in [1.165, 1.54) is 0 Å². The minimum Gasteiger partial charge on any atom is -0.481 e. The van der Waals surface area contributed by atoms with Gasteiger partial charge in [-0.1, -0.05) is 6.92 Å². The Hall–Kier alpha value is -1.26.